The lowest BCUT2D eigenvalue weighted by Crippen LogP contribution is -2.46. The molecule has 16 nitrogen and oxygen atoms in total. The van der Waals surface area contributed by atoms with Crippen LogP contribution in [0.4, 0.5) is 5.69 Å². The van der Waals surface area contributed by atoms with E-state index in [0.29, 0.717) is 45.2 Å². The van der Waals surface area contributed by atoms with Gasteiger partial charge in [0.1, 0.15) is 28.6 Å². The summed E-state index contributed by atoms with van der Waals surface area (Å²) in [4.78, 5) is 65.4. The number of nitrogens with one attached hydrogen (secondary N) is 1. The van der Waals surface area contributed by atoms with Gasteiger partial charge in [-0.3, -0.25) is 29.2 Å². The molecule has 2 aromatic rings. The number of nitrogens with zero attached hydrogens (tertiary/aromatic N) is 3. The van der Waals surface area contributed by atoms with Crippen LogP contribution in [0.5, 0.6) is 17.2 Å². The fourth-order valence-electron chi connectivity index (χ4n) is 9.40. The number of aromatic hydroxyl groups is 2. The van der Waals surface area contributed by atoms with Crippen LogP contribution in [0.3, 0.4) is 0 Å². The molecule has 0 aliphatic carbocycles. The van der Waals surface area contributed by atoms with Crippen molar-refractivity contribution in [3.63, 3.8) is 0 Å². The Morgan fingerprint density at radius 1 is 0.953 bits per heavy atom. The van der Waals surface area contributed by atoms with Gasteiger partial charge in [0.15, 0.2) is 11.4 Å². The summed E-state index contributed by atoms with van der Waals surface area (Å²) in [6, 6.07) is 0. The molecule has 2 aromatic carbocycles. The van der Waals surface area contributed by atoms with E-state index in [1.807, 2.05) is 19.1 Å². The molecule has 2 amide bonds. The highest BCUT2D eigenvalue weighted by Crippen LogP contribution is 2.50. The molecule has 4 aliphatic heterocycles. The number of phenols is 2. The van der Waals surface area contributed by atoms with Gasteiger partial charge in [-0.15, -0.1) is 0 Å². The number of piperidine rings is 1. The molecule has 348 valence electrons. The molecule has 0 aromatic heterocycles. The van der Waals surface area contributed by atoms with Crippen molar-refractivity contribution in [1.29, 1.82) is 0 Å². The molecule has 0 saturated carbocycles. The third kappa shape index (κ3) is 9.06. The Bertz CT molecular complexity index is 2400. The Hall–Kier alpha value is -5.16. The van der Waals surface area contributed by atoms with Crippen LogP contribution in [-0.4, -0.2) is 112 Å². The maximum atomic E-state index is 14.6. The van der Waals surface area contributed by atoms with E-state index in [9.17, 15) is 39.6 Å². The van der Waals surface area contributed by atoms with Crippen molar-refractivity contribution in [2.45, 2.75) is 130 Å². The second kappa shape index (κ2) is 19.1. The maximum absolute atomic E-state index is 14.6. The number of benzene rings is 2. The number of rotatable bonds is 3. The first-order valence-corrected chi connectivity index (χ1v) is 22.3. The van der Waals surface area contributed by atoms with Crippen LogP contribution in [0.2, 0.25) is 0 Å². The Kier molecular flexibility index (Phi) is 14.4. The number of likely N-dealkylation sites (tertiary alicyclic amines) is 1. The second-order valence-electron chi connectivity index (χ2n) is 18.0. The zero-order valence-electron chi connectivity index (χ0n) is 38.6. The summed E-state index contributed by atoms with van der Waals surface area (Å²) in [6.45, 7) is 15.7. The number of phenolic OH excluding ortho intramolecular Hbond substituents is 2. The van der Waals surface area contributed by atoms with Gasteiger partial charge in [-0.05, 0) is 26.7 Å². The first-order chi connectivity index (χ1) is 30.2. The third-order valence-electron chi connectivity index (χ3n) is 13.5. The molecular formula is C48H64N4O12. The van der Waals surface area contributed by atoms with Crippen molar-refractivity contribution in [1.82, 2.24) is 4.90 Å². The van der Waals surface area contributed by atoms with Crippen LogP contribution < -0.4 is 20.8 Å². The Morgan fingerprint density at radius 2 is 1.62 bits per heavy atom. The van der Waals surface area contributed by atoms with E-state index in [2.05, 4.69) is 5.32 Å². The number of hydrogen-bond acceptors (Lipinski definition) is 14. The number of ether oxygens (including phenoxy) is 4. The number of anilines is 1. The lowest BCUT2D eigenvalue weighted by Gasteiger charge is -2.38. The normalized spacial score (nSPS) is 31.9. The summed E-state index contributed by atoms with van der Waals surface area (Å²) in [5.74, 6) is -6.49. The monoisotopic (exact) mass is 888 g/mol. The highest BCUT2D eigenvalue weighted by atomic mass is 16.7. The van der Waals surface area contributed by atoms with Crippen molar-refractivity contribution in [3.8, 4) is 17.2 Å². The predicted octanol–water partition coefficient (Wildman–Crippen LogP) is 4.85. The minimum absolute atomic E-state index is 0.00285. The topological polar surface area (TPSA) is 226 Å². The molecule has 6 rings (SSSR count). The van der Waals surface area contributed by atoms with Gasteiger partial charge in [-0.2, -0.15) is 0 Å². The number of methoxy groups -OCH3 is 1. The van der Waals surface area contributed by atoms with Gasteiger partial charge in [0.25, 0.3) is 11.7 Å². The Balaban J connectivity index is 1.46. The molecule has 1 fully saturated rings. The number of amides is 2. The molecule has 9 atom stereocenters. The quantitative estimate of drug-likeness (QED) is 0.158. The van der Waals surface area contributed by atoms with E-state index >= 15 is 0 Å². The second-order valence-corrected chi connectivity index (χ2v) is 18.0. The Morgan fingerprint density at radius 3 is 2.27 bits per heavy atom. The van der Waals surface area contributed by atoms with Gasteiger partial charge in [0, 0.05) is 93.5 Å². The van der Waals surface area contributed by atoms with Crippen molar-refractivity contribution in [3.05, 3.63) is 57.8 Å². The average Bonchev–Trinajstić information content (AvgIpc) is 3.77. The van der Waals surface area contributed by atoms with E-state index in [1.165, 1.54) is 13.8 Å². The van der Waals surface area contributed by atoms with Crippen LogP contribution in [0, 0.1) is 30.6 Å². The van der Waals surface area contributed by atoms with Crippen LogP contribution in [0.1, 0.15) is 103 Å². The van der Waals surface area contributed by atoms with Crippen molar-refractivity contribution < 1.29 is 58.6 Å². The van der Waals surface area contributed by atoms with Gasteiger partial charge in [0.05, 0.1) is 41.2 Å². The van der Waals surface area contributed by atoms with Crippen molar-refractivity contribution in [2.75, 3.05) is 32.1 Å². The highest BCUT2D eigenvalue weighted by molar-refractivity contribution is 6.19. The molecule has 0 radical (unpaired) electrons. The van der Waals surface area contributed by atoms with E-state index in [1.54, 1.807) is 71.8 Å². The molecule has 64 heavy (non-hydrogen) atoms. The zero-order valence-corrected chi connectivity index (χ0v) is 38.6. The molecule has 4 bridgehead atoms. The molecule has 4 heterocycles. The predicted molar refractivity (Wildman–Crippen MR) is 237 cm³/mol. The van der Waals surface area contributed by atoms with Crippen LogP contribution in [0.15, 0.2) is 45.9 Å². The van der Waals surface area contributed by atoms with Crippen molar-refractivity contribution >= 4 is 40.0 Å². The molecule has 0 unspecified atom stereocenters. The van der Waals surface area contributed by atoms with Gasteiger partial charge in [-0.25, -0.2) is 0 Å². The van der Waals surface area contributed by atoms with E-state index in [4.69, 9.17) is 28.9 Å². The smallest absolute Gasteiger partial charge is 0.302 e. The molecule has 1 saturated heterocycles. The van der Waals surface area contributed by atoms with Gasteiger partial charge >= 0.3 is 5.97 Å². The molecule has 1 spiro atoms. The van der Waals surface area contributed by atoms with Gasteiger partial charge in [-0.1, -0.05) is 65.0 Å². The maximum Gasteiger partial charge on any atom is 0.302 e. The van der Waals surface area contributed by atoms with Crippen molar-refractivity contribution in [2.24, 2.45) is 33.7 Å². The third-order valence-corrected chi connectivity index (χ3v) is 13.5. The van der Waals surface area contributed by atoms with E-state index < -0.39 is 82.9 Å². The van der Waals surface area contributed by atoms with E-state index in [-0.39, 0.29) is 67.9 Å². The van der Waals surface area contributed by atoms with Crippen LogP contribution >= 0.6 is 0 Å². The fourth-order valence-corrected chi connectivity index (χ4v) is 9.40. The largest absolute Gasteiger partial charge is 0.507 e. The summed E-state index contributed by atoms with van der Waals surface area (Å²) < 4.78 is 24.1. The zero-order chi connectivity index (χ0) is 47.0. The number of carbonyl (C=O) groups is 4. The lowest BCUT2D eigenvalue weighted by molar-refractivity contribution is -0.160. The lowest BCUT2D eigenvalue weighted by atomic mass is 9.78. The molecule has 16 heteroatoms. The Labute approximate surface area is 373 Å². The van der Waals surface area contributed by atoms with Crippen LogP contribution in [0.25, 0.3) is 10.8 Å². The van der Waals surface area contributed by atoms with Crippen LogP contribution in [-0.2, 0) is 28.6 Å². The number of ketones is 1. The minimum Gasteiger partial charge on any atom is -0.507 e. The average molecular weight is 889 g/mol. The summed E-state index contributed by atoms with van der Waals surface area (Å²) in [6.07, 6.45) is 7.19. The number of Topliss-reactive ketones (excluding diaryl/α,β-unsaturated/α-hetero) is 1. The molecule has 4 aliphatic rings. The highest BCUT2D eigenvalue weighted by Gasteiger charge is 2.49. The summed E-state index contributed by atoms with van der Waals surface area (Å²) in [5.41, 5.74) is -0.768. The number of carbonyl (C=O) groups excluding carboxylic acids is 4. The van der Waals surface area contributed by atoms with Gasteiger partial charge < -0.3 is 49.6 Å². The molecule has 5 N–H and O–H groups in total. The molecular weight excluding hydrogens is 825 g/mol. The number of aliphatic hydroxyl groups is 2. The fraction of sp³-hybridized carbons (Fsp3) is 0.583. The number of allylic oxidation sites excluding steroid dienone is 3. The van der Waals surface area contributed by atoms with E-state index in [0.717, 1.165) is 0 Å². The number of aliphatic hydroxyl groups excluding tert-OH is 2. The first kappa shape index (κ1) is 48.3. The summed E-state index contributed by atoms with van der Waals surface area (Å²) in [5, 5.41) is 50.0. The first-order valence-electron chi connectivity index (χ1n) is 22.3. The summed E-state index contributed by atoms with van der Waals surface area (Å²) in [7, 11) is 1.54. The number of hydrogen-bond donors (Lipinski definition) is 5. The minimum atomic E-state index is -1.81. The number of esters is 1. The summed E-state index contributed by atoms with van der Waals surface area (Å²) >= 11 is 0. The SMILES string of the molecule is CCC(=O)N1CCC2(CC1)N=c1c3c(O)c4c(O)c(C)c5c(c4c1=N2)C(=O)[C@@](C)(OCCC/C=C/[C@H](OC)[C@@H](C)[C@@H](OC(C)=O)[C@H](C)[C@H](O)[C@H](C)[C@@H](O)[C@@H](C)/C=C/C=C(/C)C(=O)N3)O5. The number of fused-ring (bicyclic) bond motifs is 1. The standard InChI is InChI=1S/C48H64N4O12/c1-11-32(54)52-21-19-48(20-22-52)50-36-33-34-41(57)29(7)44-35(33)45(59)47(9,64-44)62-23-14-12-13-18-31(61-10)26(4)43(63-30(8)53)28(6)40(56)27(5)39(55)24(2)16-15-17-25(3)46(60)49-38(42(34)58)37(36)51-48/h13,15-18,24,26-28,31,39-40,43,55-58H,11-12,14,19-23H2,1-10H3,(H,49,60)/b16-15+,18-13+,25-17-/t24-,26+,27+,28+,31-,39-,40+,43+,47-/m0/s1. The van der Waals surface area contributed by atoms with Gasteiger partial charge in [0.2, 0.25) is 11.7 Å².